The molecule has 7 nitrogen and oxygen atoms in total. The molecule has 1 aliphatic heterocycles. The molecular weight excluding hydrogens is 324 g/mol. The number of nitrogens with one attached hydrogen (secondary N) is 1. The second kappa shape index (κ2) is 6.98. The minimum absolute atomic E-state index is 0.287. The molecule has 1 heterocycles. The van der Waals surface area contributed by atoms with Gasteiger partial charge in [-0.2, -0.15) is 0 Å². The van der Waals surface area contributed by atoms with Gasteiger partial charge < -0.3 is 10.1 Å². The molecule has 2 fully saturated rings. The Morgan fingerprint density at radius 1 is 1.12 bits per heavy atom. The topological polar surface area (TPSA) is 92.8 Å². The minimum atomic E-state index is -1.04. The Hall–Kier alpha value is -2.18. The van der Waals surface area contributed by atoms with Gasteiger partial charge in [-0.1, -0.05) is 31.4 Å². The molecule has 3 aliphatic rings. The number of hydrogen-bond donors (Lipinski definition) is 1. The maximum absolute atomic E-state index is 12.5. The quantitative estimate of drug-likeness (QED) is 0.463. The average Bonchev–Trinajstić information content (AvgIpc) is 2.87. The number of allylic oxidation sites excluding steroid dienone is 2. The molecule has 1 saturated carbocycles. The molecular formula is C18H24N2O5. The summed E-state index contributed by atoms with van der Waals surface area (Å²) < 4.78 is 4.87. The summed E-state index contributed by atoms with van der Waals surface area (Å²) >= 11 is 0. The zero-order chi connectivity index (χ0) is 18.0. The average molecular weight is 348 g/mol. The lowest BCUT2D eigenvalue weighted by molar-refractivity contribution is -0.153. The maximum atomic E-state index is 12.5. The summed E-state index contributed by atoms with van der Waals surface area (Å²) in [5, 5.41) is 2.76. The zero-order valence-corrected chi connectivity index (χ0v) is 14.5. The van der Waals surface area contributed by atoms with Gasteiger partial charge in [0, 0.05) is 0 Å². The van der Waals surface area contributed by atoms with Crippen molar-refractivity contribution in [1.29, 1.82) is 0 Å². The molecule has 1 saturated heterocycles. The molecule has 0 bridgehead atoms. The molecule has 1 N–H and O–H groups in total. The highest BCUT2D eigenvalue weighted by atomic mass is 16.5. The van der Waals surface area contributed by atoms with Crippen molar-refractivity contribution < 1.29 is 23.9 Å². The molecule has 3 amide bonds. The predicted molar refractivity (Wildman–Crippen MR) is 88.0 cm³/mol. The Morgan fingerprint density at radius 3 is 2.20 bits per heavy atom. The zero-order valence-electron chi connectivity index (χ0n) is 14.5. The number of esters is 1. The van der Waals surface area contributed by atoms with Crippen LogP contribution in [0.1, 0.15) is 44.9 Å². The predicted octanol–water partition coefficient (Wildman–Crippen LogP) is 0.930. The molecule has 25 heavy (non-hydrogen) atoms. The molecule has 0 aromatic rings. The van der Waals surface area contributed by atoms with Gasteiger partial charge in [0.15, 0.2) is 0 Å². The highest BCUT2D eigenvalue weighted by Gasteiger charge is 2.48. The number of ether oxygens (including phenoxy) is 1. The summed E-state index contributed by atoms with van der Waals surface area (Å²) in [6.45, 7) is -0.330. The van der Waals surface area contributed by atoms with E-state index in [2.05, 4.69) is 5.32 Å². The molecule has 7 heteroatoms. The third kappa shape index (κ3) is 3.19. The standard InChI is InChI=1S/C18H24N2O5/c1-25-17(24)18(9-5-2-6-10-18)19-14(21)11-20-15(22)12-7-3-4-8-13(12)16(20)23/h3-4,12-13H,2,5-11H2,1H3,(H,19,21). The first-order valence-corrected chi connectivity index (χ1v) is 8.88. The smallest absolute Gasteiger partial charge is 0.331 e. The molecule has 0 aromatic carbocycles. The third-order valence-corrected chi connectivity index (χ3v) is 5.56. The first-order chi connectivity index (χ1) is 12.0. The number of amides is 3. The first kappa shape index (κ1) is 17.6. The van der Waals surface area contributed by atoms with Crippen molar-refractivity contribution in [2.45, 2.75) is 50.5 Å². The van der Waals surface area contributed by atoms with Gasteiger partial charge in [-0.05, 0) is 25.7 Å². The molecule has 0 radical (unpaired) electrons. The monoisotopic (exact) mass is 348 g/mol. The van der Waals surface area contributed by atoms with E-state index < -0.39 is 17.4 Å². The van der Waals surface area contributed by atoms with Crippen molar-refractivity contribution >= 4 is 23.7 Å². The highest BCUT2D eigenvalue weighted by Crippen LogP contribution is 2.35. The lowest BCUT2D eigenvalue weighted by Crippen LogP contribution is -2.58. The SMILES string of the molecule is COC(=O)C1(NC(=O)CN2C(=O)C3CC=CCC3C2=O)CCCCC1. The van der Waals surface area contributed by atoms with Gasteiger partial charge in [0.25, 0.3) is 0 Å². The maximum Gasteiger partial charge on any atom is 0.331 e. The molecule has 0 spiro atoms. The summed E-state index contributed by atoms with van der Waals surface area (Å²) in [6.07, 6.45) is 8.59. The normalized spacial score (nSPS) is 27.8. The van der Waals surface area contributed by atoms with E-state index in [1.807, 2.05) is 12.2 Å². The lowest BCUT2D eigenvalue weighted by Gasteiger charge is -2.35. The van der Waals surface area contributed by atoms with Crippen molar-refractivity contribution in [2.75, 3.05) is 13.7 Å². The van der Waals surface area contributed by atoms with Gasteiger partial charge in [0.2, 0.25) is 17.7 Å². The van der Waals surface area contributed by atoms with E-state index in [1.165, 1.54) is 7.11 Å². The summed E-state index contributed by atoms with van der Waals surface area (Å²) in [5.41, 5.74) is -1.04. The highest BCUT2D eigenvalue weighted by molar-refractivity contribution is 6.07. The van der Waals surface area contributed by atoms with Crippen LogP contribution < -0.4 is 5.32 Å². The summed E-state index contributed by atoms with van der Waals surface area (Å²) in [4.78, 5) is 50.7. The Balaban J connectivity index is 1.68. The molecule has 136 valence electrons. The number of nitrogens with zero attached hydrogens (tertiary/aromatic N) is 1. The van der Waals surface area contributed by atoms with E-state index in [9.17, 15) is 19.2 Å². The number of methoxy groups -OCH3 is 1. The fourth-order valence-corrected chi connectivity index (χ4v) is 4.21. The Bertz CT molecular complexity index is 595. The van der Waals surface area contributed by atoms with Crippen LogP contribution in [0.2, 0.25) is 0 Å². The van der Waals surface area contributed by atoms with Gasteiger partial charge in [0.1, 0.15) is 12.1 Å². The Morgan fingerprint density at radius 2 is 1.68 bits per heavy atom. The summed E-state index contributed by atoms with van der Waals surface area (Å²) in [7, 11) is 1.30. The van der Waals surface area contributed by atoms with Gasteiger partial charge in [0.05, 0.1) is 18.9 Å². The second-order valence-corrected chi connectivity index (χ2v) is 7.10. The van der Waals surface area contributed by atoms with Crippen molar-refractivity contribution in [3.63, 3.8) is 0 Å². The van der Waals surface area contributed by atoms with E-state index >= 15 is 0 Å². The fraction of sp³-hybridized carbons (Fsp3) is 0.667. The van der Waals surface area contributed by atoms with Gasteiger partial charge in [-0.15, -0.1) is 0 Å². The van der Waals surface area contributed by atoms with Crippen LogP contribution in [0.4, 0.5) is 0 Å². The van der Waals surface area contributed by atoms with Crippen LogP contribution in [0.15, 0.2) is 12.2 Å². The van der Waals surface area contributed by atoms with E-state index in [-0.39, 0.29) is 30.2 Å². The number of fused-ring (bicyclic) bond motifs is 1. The van der Waals surface area contributed by atoms with Crippen LogP contribution in [0, 0.1) is 11.8 Å². The molecule has 0 aromatic heterocycles. The largest absolute Gasteiger partial charge is 0.467 e. The fourth-order valence-electron chi connectivity index (χ4n) is 4.21. The number of carbonyl (C=O) groups excluding carboxylic acids is 4. The van der Waals surface area contributed by atoms with Crippen LogP contribution in [0.5, 0.6) is 0 Å². The Kier molecular flexibility index (Phi) is 4.92. The van der Waals surface area contributed by atoms with Gasteiger partial charge >= 0.3 is 5.97 Å². The van der Waals surface area contributed by atoms with Crippen molar-refractivity contribution in [2.24, 2.45) is 11.8 Å². The third-order valence-electron chi connectivity index (χ3n) is 5.56. The Labute approximate surface area is 146 Å². The minimum Gasteiger partial charge on any atom is -0.467 e. The van der Waals surface area contributed by atoms with Crippen molar-refractivity contribution in [3.05, 3.63) is 12.2 Å². The van der Waals surface area contributed by atoms with E-state index in [0.717, 1.165) is 24.2 Å². The van der Waals surface area contributed by atoms with E-state index in [0.29, 0.717) is 25.7 Å². The van der Waals surface area contributed by atoms with Crippen molar-refractivity contribution in [3.8, 4) is 0 Å². The molecule has 3 rings (SSSR count). The number of hydrogen-bond acceptors (Lipinski definition) is 5. The van der Waals surface area contributed by atoms with Crippen molar-refractivity contribution in [1.82, 2.24) is 10.2 Å². The molecule has 2 atom stereocenters. The number of carbonyl (C=O) groups is 4. The van der Waals surface area contributed by atoms with Gasteiger partial charge in [-0.3, -0.25) is 19.3 Å². The van der Waals surface area contributed by atoms with Crippen LogP contribution in [0.3, 0.4) is 0 Å². The van der Waals surface area contributed by atoms with E-state index in [4.69, 9.17) is 4.74 Å². The van der Waals surface area contributed by atoms with Crippen LogP contribution >= 0.6 is 0 Å². The molecule has 2 aliphatic carbocycles. The van der Waals surface area contributed by atoms with Crippen LogP contribution in [0.25, 0.3) is 0 Å². The number of imide groups is 1. The number of likely N-dealkylation sites (tertiary alicyclic amines) is 1. The lowest BCUT2D eigenvalue weighted by atomic mass is 9.81. The summed E-state index contributed by atoms with van der Waals surface area (Å²) in [6, 6.07) is 0. The number of rotatable bonds is 4. The second-order valence-electron chi connectivity index (χ2n) is 7.10. The van der Waals surface area contributed by atoms with Gasteiger partial charge in [-0.25, -0.2) is 4.79 Å². The van der Waals surface area contributed by atoms with Crippen LogP contribution in [-0.2, 0) is 23.9 Å². The first-order valence-electron chi connectivity index (χ1n) is 8.88. The van der Waals surface area contributed by atoms with E-state index in [1.54, 1.807) is 0 Å². The summed E-state index contributed by atoms with van der Waals surface area (Å²) in [5.74, 6) is -2.22. The van der Waals surface area contributed by atoms with Crippen LogP contribution in [-0.4, -0.2) is 47.8 Å². The molecule has 2 unspecified atom stereocenters.